The van der Waals surface area contributed by atoms with Crippen LogP contribution < -0.4 is 4.43 Å². The zero-order valence-electron chi connectivity index (χ0n) is 13.2. The molecule has 1 aromatic carbocycles. The monoisotopic (exact) mass is 308 g/mol. The first-order valence-corrected chi connectivity index (χ1v) is 10.8. The molecule has 2 rings (SSSR count). The molecule has 1 atom stereocenters. The fraction of sp³-hybridized carbons (Fsp3) is 0.562. The standard InChI is InChI=1S/C16H24O4Si/c1-12(8-16-18-10-14(17)11-19-16)13-6-5-7-15(9-13)20-21(2,3)4/h5-7,9,12,16H,8,10-11H2,1-4H3. The Hall–Kier alpha value is -1.17. The van der Waals surface area contributed by atoms with Gasteiger partial charge in [-0.15, -0.1) is 0 Å². The second-order valence-electron chi connectivity index (χ2n) is 6.51. The molecule has 21 heavy (non-hydrogen) atoms. The molecule has 1 aliphatic heterocycles. The Morgan fingerprint density at radius 2 is 1.95 bits per heavy atom. The molecule has 0 aromatic heterocycles. The molecule has 1 unspecified atom stereocenters. The number of carbonyl (C=O) groups is 1. The predicted molar refractivity (Wildman–Crippen MR) is 84.1 cm³/mol. The van der Waals surface area contributed by atoms with Crippen molar-refractivity contribution in [1.29, 1.82) is 0 Å². The zero-order chi connectivity index (χ0) is 15.5. The number of hydrogen-bond donors (Lipinski definition) is 0. The van der Waals surface area contributed by atoms with Crippen molar-refractivity contribution in [3.63, 3.8) is 0 Å². The van der Waals surface area contributed by atoms with E-state index in [1.54, 1.807) is 0 Å². The summed E-state index contributed by atoms with van der Waals surface area (Å²) < 4.78 is 16.8. The van der Waals surface area contributed by atoms with Crippen LogP contribution in [0.5, 0.6) is 5.75 Å². The van der Waals surface area contributed by atoms with Crippen molar-refractivity contribution in [3.8, 4) is 5.75 Å². The fourth-order valence-corrected chi connectivity index (χ4v) is 3.09. The minimum atomic E-state index is -1.59. The van der Waals surface area contributed by atoms with Gasteiger partial charge in [0.1, 0.15) is 19.0 Å². The van der Waals surface area contributed by atoms with E-state index in [0.29, 0.717) is 0 Å². The molecule has 1 aromatic rings. The van der Waals surface area contributed by atoms with Crippen LogP contribution in [0.2, 0.25) is 19.6 Å². The second kappa shape index (κ2) is 6.73. The molecule has 0 bridgehead atoms. The van der Waals surface area contributed by atoms with Crippen LogP contribution >= 0.6 is 0 Å². The van der Waals surface area contributed by atoms with Crippen molar-refractivity contribution in [2.45, 2.75) is 45.2 Å². The van der Waals surface area contributed by atoms with Crippen molar-refractivity contribution in [3.05, 3.63) is 29.8 Å². The molecule has 0 saturated carbocycles. The van der Waals surface area contributed by atoms with Gasteiger partial charge in [0.2, 0.25) is 8.32 Å². The van der Waals surface area contributed by atoms with Crippen LogP contribution in [-0.2, 0) is 14.3 Å². The predicted octanol–water partition coefficient (Wildman–Crippen LogP) is 3.34. The van der Waals surface area contributed by atoms with Gasteiger partial charge in [-0.1, -0.05) is 19.1 Å². The average Bonchev–Trinajstić information content (AvgIpc) is 2.40. The van der Waals surface area contributed by atoms with Crippen LogP contribution in [0.25, 0.3) is 0 Å². The highest BCUT2D eigenvalue weighted by molar-refractivity contribution is 6.70. The molecule has 1 saturated heterocycles. The van der Waals surface area contributed by atoms with Crippen LogP contribution in [0.15, 0.2) is 24.3 Å². The molecule has 1 heterocycles. The summed E-state index contributed by atoms with van der Waals surface area (Å²) in [6.45, 7) is 8.97. The van der Waals surface area contributed by atoms with E-state index in [-0.39, 0.29) is 31.2 Å². The molecular formula is C16H24O4Si. The summed E-state index contributed by atoms with van der Waals surface area (Å²) in [7, 11) is -1.59. The lowest BCUT2D eigenvalue weighted by Gasteiger charge is -2.25. The first-order valence-electron chi connectivity index (χ1n) is 7.37. The molecule has 0 N–H and O–H groups in total. The van der Waals surface area contributed by atoms with Gasteiger partial charge in [0.05, 0.1) is 0 Å². The Kier molecular flexibility index (Phi) is 5.19. The quantitative estimate of drug-likeness (QED) is 0.783. The molecule has 5 heteroatoms. The molecule has 4 nitrogen and oxygen atoms in total. The van der Waals surface area contributed by atoms with E-state index in [4.69, 9.17) is 13.9 Å². The summed E-state index contributed by atoms with van der Waals surface area (Å²) in [6.07, 6.45) is 0.447. The molecule has 0 radical (unpaired) electrons. The SMILES string of the molecule is CC(CC1OCC(=O)CO1)c1cccc(O[Si](C)(C)C)c1. The van der Waals surface area contributed by atoms with E-state index in [9.17, 15) is 4.79 Å². The average molecular weight is 308 g/mol. The van der Waals surface area contributed by atoms with Crippen LogP contribution in [0, 0.1) is 0 Å². The van der Waals surface area contributed by atoms with Gasteiger partial charge in [-0.2, -0.15) is 0 Å². The Labute approximate surface area is 127 Å². The molecule has 116 valence electrons. The van der Waals surface area contributed by atoms with Crippen LogP contribution in [0.4, 0.5) is 0 Å². The Morgan fingerprint density at radius 1 is 1.29 bits per heavy atom. The van der Waals surface area contributed by atoms with Gasteiger partial charge in [0, 0.05) is 6.42 Å². The van der Waals surface area contributed by atoms with Gasteiger partial charge >= 0.3 is 0 Å². The summed E-state index contributed by atoms with van der Waals surface area (Å²) in [6, 6.07) is 8.21. The molecule has 1 aliphatic rings. The third-order valence-corrected chi connectivity index (χ3v) is 4.11. The minimum Gasteiger partial charge on any atom is -0.544 e. The van der Waals surface area contributed by atoms with Gasteiger partial charge in [-0.05, 0) is 43.3 Å². The molecule has 1 fully saturated rings. The first-order chi connectivity index (χ1) is 9.83. The maximum Gasteiger partial charge on any atom is 0.242 e. The normalized spacial score (nSPS) is 18.6. The van der Waals surface area contributed by atoms with Gasteiger partial charge in [-0.25, -0.2) is 0 Å². The van der Waals surface area contributed by atoms with Crippen molar-refractivity contribution >= 4 is 14.1 Å². The summed E-state index contributed by atoms with van der Waals surface area (Å²) >= 11 is 0. The Balaban J connectivity index is 1.97. The Bertz CT molecular complexity index is 485. The van der Waals surface area contributed by atoms with Crippen molar-refractivity contribution < 1.29 is 18.7 Å². The van der Waals surface area contributed by atoms with Crippen LogP contribution in [-0.4, -0.2) is 33.6 Å². The highest BCUT2D eigenvalue weighted by Gasteiger charge is 2.23. The van der Waals surface area contributed by atoms with Gasteiger partial charge in [0.25, 0.3) is 0 Å². The van der Waals surface area contributed by atoms with E-state index in [0.717, 1.165) is 12.2 Å². The molecule has 0 aliphatic carbocycles. The number of ether oxygens (including phenoxy) is 2. The first kappa shape index (κ1) is 16.2. The van der Waals surface area contributed by atoms with Gasteiger partial charge < -0.3 is 13.9 Å². The van der Waals surface area contributed by atoms with Gasteiger partial charge in [0.15, 0.2) is 12.1 Å². The summed E-state index contributed by atoms with van der Waals surface area (Å²) in [4.78, 5) is 11.1. The number of Topliss-reactive ketones (excluding diaryl/α,β-unsaturated/α-hetero) is 1. The van der Waals surface area contributed by atoms with Crippen molar-refractivity contribution in [1.82, 2.24) is 0 Å². The third-order valence-electron chi connectivity index (χ3n) is 3.26. The summed E-state index contributed by atoms with van der Waals surface area (Å²) in [5.41, 5.74) is 1.20. The number of rotatable bonds is 5. The van der Waals surface area contributed by atoms with Crippen molar-refractivity contribution in [2.75, 3.05) is 13.2 Å². The van der Waals surface area contributed by atoms with Crippen LogP contribution in [0.3, 0.4) is 0 Å². The zero-order valence-corrected chi connectivity index (χ0v) is 14.2. The van der Waals surface area contributed by atoms with E-state index in [2.05, 4.69) is 38.7 Å². The largest absolute Gasteiger partial charge is 0.544 e. The highest BCUT2D eigenvalue weighted by atomic mass is 28.4. The number of ketones is 1. The van der Waals surface area contributed by atoms with Gasteiger partial charge in [-0.3, -0.25) is 4.79 Å². The van der Waals surface area contributed by atoms with E-state index in [1.165, 1.54) is 5.56 Å². The highest BCUT2D eigenvalue weighted by Crippen LogP contribution is 2.27. The number of benzene rings is 1. The minimum absolute atomic E-state index is 0.00411. The van der Waals surface area contributed by atoms with E-state index < -0.39 is 8.32 Å². The molecular weight excluding hydrogens is 284 g/mol. The van der Waals surface area contributed by atoms with E-state index in [1.807, 2.05) is 12.1 Å². The third kappa shape index (κ3) is 5.26. The second-order valence-corrected chi connectivity index (χ2v) is 10.9. The number of carbonyl (C=O) groups excluding carboxylic acids is 1. The summed E-state index contributed by atoms with van der Waals surface area (Å²) in [5.74, 6) is 1.22. The lowest BCUT2D eigenvalue weighted by molar-refractivity contribution is -0.188. The number of hydrogen-bond acceptors (Lipinski definition) is 4. The van der Waals surface area contributed by atoms with Crippen molar-refractivity contribution in [2.24, 2.45) is 0 Å². The van der Waals surface area contributed by atoms with Crippen LogP contribution in [0.1, 0.15) is 24.8 Å². The maximum atomic E-state index is 11.1. The lowest BCUT2D eigenvalue weighted by atomic mass is 9.97. The Morgan fingerprint density at radius 3 is 2.57 bits per heavy atom. The summed E-state index contributed by atoms with van der Waals surface area (Å²) in [5, 5.41) is 0. The van der Waals surface area contributed by atoms with E-state index >= 15 is 0 Å². The lowest BCUT2D eigenvalue weighted by Crippen LogP contribution is -2.33. The topological polar surface area (TPSA) is 44.8 Å². The smallest absolute Gasteiger partial charge is 0.242 e. The molecule has 0 amide bonds. The fourth-order valence-electron chi connectivity index (χ4n) is 2.26. The molecule has 0 spiro atoms. The maximum absolute atomic E-state index is 11.1.